The van der Waals surface area contributed by atoms with E-state index >= 15 is 0 Å². The van der Waals surface area contributed by atoms with Gasteiger partial charge in [-0.15, -0.1) is 0 Å². The molecule has 0 bridgehead atoms. The predicted molar refractivity (Wildman–Crippen MR) is 101 cm³/mol. The Labute approximate surface area is 153 Å². The Morgan fingerprint density at radius 3 is 2.46 bits per heavy atom. The van der Waals surface area contributed by atoms with Crippen LogP contribution in [0, 0.1) is 25.7 Å². The van der Waals surface area contributed by atoms with E-state index in [0.717, 1.165) is 37.2 Å². The average molecular weight is 348 g/mol. The highest BCUT2D eigenvalue weighted by Gasteiger charge is 2.41. The molecule has 0 aliphatic carbocycles. The van der Waals surface area contributed by atoms with Crippen LogP contribution in [0.25, 0.3) is 5.78 Å². The van der Waals surface area contributed by atoms with E-state index in [1.165, 1.54) is 30.0 Å². The summed E-state index contributed by atoms with van der Waals surface area (Å²) in [5, 5.41) is 4.42. The number of hydrogen-bond acceptors (Lipinski definition) is 5. The lowest BCUT2D eigenvalue weighted by atomic mass is 10.0. The van der Waals surface area contributed by atoms with Crippen LogP contribution in [0.3, 0.4) is 0 Å². The van der Waals surface area contributed by atoms with Crippen molar-refractivity contribution in [1.82, 2.24) is 24.5 Å². The number of rotatable bonds is 3. The highest BCUT2D eigenvalue weighted by Crippen LogP contribution is 2.36. The second-order valence-corrected chi connectivity index (χ2v) is 7.72. The van der Waals surface area contributed by atoms with Gasteiger partial charge in [0.2, 0.25) is 0 Å². The van der Waals surface area contributed by atoms with E-state index in [2.05, 4.69) is 69.0 Å². The zero-order valence-corrected chi connectivity index (χ0v) is 15.3. The van der Waals surface area contributed by atoms with Crippen LogP contribution in [-0.2, 0) is 6.54 Å². The van der Waals surface area contributed by atoms with Gasteiger partial charge in [0.1, 0.15) is 12.1 Å². The number of anilines is 1. The summed E-state index contributed by atoms with van der Waals surface area (Å²) >= 11 is 0. The van der Waals surface area contributed by atoms with Crippen molar-refractivity contribution < 1.29 is 0 Å². The molecule has 3 aromatic rings. The fourth-order valence-electron chi connectivity index (χ4n) is 4.62. The summed E-state index contributed by atoms with van der Waals surface area (Å²) in [6.07, 6.45) is 1.60. The molecule has 1 aromatic carbocycles. The Hall–Kier alpha value is -2.47. The van der Waals surface area contributed by atoms with Crippen LogP contribution in [-0.4, -0.2) is 50.7 Å². The highest BCUT2D eigenvalue weighted by atomic mass is 15.4. The molecule has 2 fully saturated rings. The molecule has 2 aromatic heterocycles. The lowest BCUT2D eigenvalue weighted by Crippen LogP contribution is -2.30. The largest absolute Gasteiger partial charge is 0.355 e. The van der Waals surface area contributed by atoms with Crippen molar-refractivity contribution in [2.24, 2.45) is 11.8 Å². The Balaban J connectivity index is 1.34. The van der Waals surface area contributed by atoms with Crippen LogP contribution in [0.5, 0.6) is 0 Å². The molecule has 6 nitrogen and oxygen atoms in total. The van der Waals surface area contributed by atoms with E-state index in [9.17, 15) is 0 Å². The predicted octanol–water partition coefficient (Wildman–Crippen LogP) is 2.31. The van der Waals surface area contributed by atoms with E-state index in [1.807, 2.05) is 4.52 Å². The van der Waals surface area contributed by atoms with Gasteiger partial charge in [0.15, 0.2) is 0 Å². The fourth-order valence-corrected chi connectivity index (χ4v) is 4.62. The van der Waals surface area contributed by atoms with Gasteiger partial charge in [0.25, 0.3) is 5.78 Å². The van der Waals surface area contributed by atoms with Gasteiger partial charge in [0, 0.05) is 44.0 Å². The molecule has 0 radical (unpaired) electrons. The first-order chi connectivity index (χ1) is 12.7. The molecule has 0 amide bonds. The molecule has 6 heteroatoms. The minimum Gasteiger partial charge on any atom is -0.355 e. The number of fused-ring (bicyclic) bond motifs is 2. The standard InChI is InChI=1S/C20H24N6/c1-14-15(2)23-20-21-13-22-26(20)19(14)25-11-17-9-24(10-18(17)12-25)8-16-6-4-3-5-7-16/h3-7,13,17-18H,8-12H2,1-2H3. The SMILES string of the molecule is Cc1nc2ncnn2c(N2CC3CN(Cc4ccccc4)CC3C2)c1C. The molecule has 0 spiro atoms. The van der Waals surface area contributed by atoms with Crippen molar-refractivity contribution in [3.05, 3.63) is 53.5 Å². The van der Waals surface area contributed by atoms with Crippen molar-refractivity contribution in [1.29, 1.82) is 0 Å². The Morgan fingerprint density at radius 1 is 1.00 bits per heavy atom. The van der Waals surface area contributed by atoms with Gasteiger partial charge in [-0.1, -0.05) is 30.3 Å². The number of nitrogens with zero attached hydrogens (tertiary/aromatic N) is 6. The van der Waals surface area contributed by atoms with Gasteiger partial charge >= 0.3 is 0 Å². The fraction of sp³-hybridized carbons (Fsp3) is 0.450. The maximum atomic E-state index is 4.55. The molecule has 5 rings (SSSR count). The number of aromatic nitrogens is 4. The van der Waals surface area contributed by atoms with E-state index in [1.54, 1.807) is 6.33 Å². The molecule has 2 saturated heterocycles. The third-order valence-electron chi connectivity index (χ3n) is 5.99. The van der Waals surface area contributed by atoms with Gasteiger partial charge in [-0.05, 0) is 31.2 Å². The molecule has 2 aliphatic rings. The summed E-state index contributed by atoms with van der Waals surface area (Å²) in [6.45, 7) is 9.82. The number of hydrogen-bond donors (Lipinski definition) is 0. The quantitative estimate of drug-likeness (QED) is 0.727. The first kappa shape index (κ1) is 15.8. The van der Waals surface area contributed by atoms with Crippen molar-refractivity contribution in [3.8, 4) is 0 Å². The lowest BCUT2D eigenvalue weighted by Gasteiger charge is -2.25. The van der Waals surface area contributed by atoms with Gasteiger partial charge in [-0.2, -0.15) is 14.6 Å². The van der Waals surface area contributed by atoms with E-state index in [4.69, 9.17) is 0 Å². The van der Waals surface area contributed by atoms with Crippen molar-refractivity contribution in [2.75, 3.05) is 31.1 Å². The first-order valence-electron chi connectivity index (χ1n) is 9.37. The van der Waals surface area contributed by atoms with Gasteiger partial charge in [-0.25, -0.2) is 4.98 Å². The monoisotopic (exact) mass is 348 g/mol. The zero-order chi connectivity index (χ0) is 17.7. The molecular weight excluding hydrogens is 324 g/mol. The number of benzene rings is 1. The third kappa shape index (κ3) is 2.56. The molecule has 2 atom stereocenters. The highest BCUT2D eigenvalue weighted by molar-refractivity contribution is 5.54. The van der Waals surface area contributed by atoms with E-state index in [0.29, 0.717) is 5.78 Å². The molecular formula is C20H24N6. The molecule has 4 heterocycles. The van der Waals surface area contributed by atoms with Crippen LogP contribution in [0.4, 0.5) is 5.82 Å². The molecule has 26 heavy (non-hydrogen) atoms. The lowest BCUT2D eigenvalue weighted by molar-refractivity contribution is 0.308. The summed E-state index contributed by atoms with van der Waals surface area (Å²) < 4.78 is 1.91. The Kier molecular flexibility index (Phi) is 3.67. The van der Waals surface area contributed by atoms with Crippen molar-refractivity contribution in [3.63, 3.8) is 0 Å². The van der Waals surface area contributed by atoms with Crippen LogP contribution in [0.2, 0.25) is 0 Å². The Morgan fingerprint density at radius 2 is 1.73 bits per heavy atom. The van der Waals surface area contributed by atoms with E-state index in [-0.39, 0.29) is 0 Å². The number of likely N-dealkylation sites (tertiary alicyclic amines) is 1. The minimum atomic E-state index is 0.700. The summed E-state index contributed by atoms with van der Waals surface area (Å²) in [5.74, 6) is 3.33. The first-order valence-corrected chi connectivity index (χ1v) is 9.37. The second-order valence-electron chi connectivity index (χ2n) is 7.72. The maximum Gasteiger partial charge on any atom is 0.254 e. The van der Waals surface area contributed by atoms with Gasteiger partial charge < -0.3 is 4.90 Å². The second kappa shape index (κ2) is 6.06. The summed E-state index contributed by atoms with van der Waals surface area (Å²) in [4.78, 5) is 14.0. The average Bonchev–Trinajstić information content (AvgIpc) is 3.31. The van der Waals surface area contributed by atoms with Gasteiger partial charge in [-0.3, -0.25) is 4.90 Å². The van der Waals surface area contributed by atoms with Crippen molar-refractivity contribution in [2.45, 2.75) is 20.4 Å². The van der Waals surface area contributed by atoms with Crippen LogP contribution in [0.1, 0.15) is 16.8 Å². The topological polar surface area (TPSA) is 49.6 Å². The molecule has 2 unspecified atom stereocenters. The molecule has 134 valence electrons. The third-order valence-corrected chi connectivity index (χ3v) is 5.99. The number of aryl methyl sites for hydroxylation is 1. The van der Waals surface area contributed by atoms with Crippen LogP contribution < -0.4 is 4.90 Å². The summed E-state index contributed by atoms with van der Waals surface area (Å²) in [6, 6.07) is 10.8. The maximum absolute atomic E-state index is 4.55. The van der Waals surface area contributed by atoms with Crippen LogP contribution >= 0.6 is 0 Å². The smallest absolute Gasteiger partial charge is 0.254 e. The van der Waals surface area contributed by atoms with Crippen molar-refractivity contribution >= 4 is 11.6 Å². The van der Waals surface area contributed by atoms with Gasteiger partial charge in [0.05, 0.1) is 0 Å². The summed E-state index contributed by atoms with van der Waals surface area (Å²) in [7, 11) is 0. The summed E-state index contributed by atoms with van der Waals surface area (Å²) in [5.41, 5.74) is 3.67. The molecule has 0 N–H and O–H groups in total. The van der Waals surface area contributed by atoms with Crippen LogP contribution in [0.15, 0.2) is 36.7 Å². The normalized spacial score (nSPS) is 23.1. The minimum absolute atomic E-state index is 0.700. The van der Waals surface area contributed by atoms with E-state index < -0.39 is 0 Å². The Bertz CT molecular complexity index is 920. The molecule has 2 aliphatic heterocycles. The molecule has 0 saturated carbocycles. The zero-order valence-electron chi connectivity index (χ0n) is 15.3.